The number of carbonyl (C=O) groups is 1. The van der Waals surface area contributed by atoms with Crippen LogP contribution in [0.4, 0.5) is 0 Å². The Kier molecular flexibility index (Phi) is 4.75. The predicted octanol–water partition coefficient (Wildman–Crippen LogP) is 1.77. The van der Waals surface area contributed by atoms with Crippen molar-refractivity contribution in [1.82, 2.24) is 5.32 Å². The summed E-state index contributed by atoms with van der Waals surface area (Å²) >= 11 is 4.64. The van der Waals surface area contributed by atoms with E-state index < -0.39 is 0 Å². The molecule has 0 aliphatic rings. The summed E-state index contributed by atoms with van der Waals surface area (Å²) < 4.78 is 0.904. The first-order chi connectivity index (χ1) is 7.52. The van der Waals surface area contributed by atoms with Gasteiger partial charge in [-0.2, -0.15) is 0 Å². The van der Waals surface area contributed by atoms with E-state index in [9.17, 15) is 4.79 Å². The van der Waals surface area contributed by atoms with Crippen LogP contribution in [-0.4, -0.2) is 23.0 Å². The Balaban J connectivity index is 2.52. The topological polar surface area (TPSA) is 87.7 Å². The van der Waals surface area contributed by atoms with Gasteiger partial charge in [0.25, 0.3) is 5.91 Å². The van der Waals surface area contributed by atoms with E-state index in [4.69, 9.17) is 10.9 Å². The zero-order valence-electron chi connectivity index (χ0n) is 8.61. The zero-order valence-corrected chi connectivity index (χ0v) is 11.0. The van der Waals surface area contributed by atoms with Crippen molar-refractivity contribution in [2.24, 2.45) is 10.9 Å². The van der Waals surface area contributed by atoms with E-state index in [0.29, 0.717) is 11.3 Å². The van der Waals surface area contributed by atoms with Gasteiger partial charge < -0.3 is 16.3 Å². The highest BCUT2D eigenvalue weighted by Gasteiger charge is 2.12. The van der Waals surface area contributed by atoms with Crippen LogP contribution >= 0.6 is 27.3 Å². The quantitative estimate of drug-likeness (QED) is 0.343. The Bertz CT molecular complexity index is 405. The van der Waals surface area contributed by atoms with Crippen molar-refractivity contribution in [3.8, 4) is 0 Å². The summed E-state index contributed by atoms with van der Waals surface area (Å²) in [5.41, 5.74) is 5.34. The molecule has 0 aromatic carbocycles. The number of hydrogen-bond donors (Lipinski definition) is 3. The van der Waals surface area contributed by atoms with E-state index in [1.54, 1.807) is 13.0 Å². The van der Waals surface area contributed by atoms with Gasteiger partial charge in [-0.3, -0.25) is 4.79 Å². The predicted molar refractivity (Wildman–Crippen MR) is 67.0 cm³/mol. The van der Waals surface area contributed by atoms with Gasteiger partial charge in [0.2, 0.25) is 0 Å². The summed E-state index contributed by atoms with van der Waals surface area (Å²) in [6.07, 6.45) is 0.314. The average molecular weight is 306 g/mol. The number of nitrogens with two attached hydrogens (primary N) is 1. The molecule has 0 aliphatic heterocycles. The highest BCUT2D eigenvalue weighted by atomic mass is 79.9. The lowest BCUT2D eigenvalue weighted by atomic mass is 10.2. The lowest BCUT2D eigenvalue weighted by molar-refractivity contribution is 0.0945. The second-order valence-corrected chi connectivity index (χ2v) is 5.74. The molecular formula is C9H12BrN3O2S. The van der Waals surface area contributed by atoms with E-state index in [-0.39, 0.29) is 17.8 Å². The van der Waals surface area contributed by atoms with E-state index >= 15 is 0 Å². The van der Waals surface area contributed by atoms with E-state index in [0.717, 1.165) is 3.79 Å². The number of carbonyl (C=O) groups excluding carboxylic acids is 1. The molecule has 7 heteroatoms. The Morgan fingerprint density at radius 2 is 2.44 bits per heavy atom. The summed E-state index contributed by atoms with van der Waals surface area (Å²) in [7, 11) is 0. The molecule has 0 spiro atoms. The van der Waals surface area contributed by atoms with Crippen molar-refractivity contribution in [1.29, 1.82) is 0 Å². The molecule has 4 N–H and O–H groups in total. The van der Waals surface area contributed by atoms with Crippen molar-refractivity contribution in [2.75, 3.05) is 0 Å². The molecule has 1 atom stereocenters. The third kappa shape index (κ3) is 3.82. The van der Waals surface area contributed by atoms with Crippen LogP contribution in [0.5, 0.6) is 0 Å². The summed E-state index contributed by atoms with van der Waals surface area (Å²) in [5, 5.41) is 14.0. The first kappa shape index (κ1) is 13.0. The number of hydrogen-bond acceptors (Lipinski definition) is 4. The van der Waals surface area contributed by atoms with Gasteiger partial charge in [-0.1, -0.05) is 5.16 Å². The lowest BCUT2D eigenvalue weighted by Gasteiger charge is -2.11. The maximum atomic E-state index is 11.7. The number of nitrogens with zero attached hydrogens (tertiary/aromatic N) is 1. The summed E-state index contributed by atoms with van der Waals surface area (Å²) in [5.74, 6) is -0.0610. The number of halogens is 1. The fourth-order valence-corrected chi connectivity index (χ4v) is 2.43. The van der Waals surface area contributed by atoms with E-state index in [1.165, 1.54) is 11.3 Å². The highest BCUT2D eigenvalue weighted by Crippen LogP contribution is 2.21. The molecule has 1 aromatic rings. The Morgan fingerprint density at radius 1 is 1.75 bits per heavy atom. The zero-order chi connectivity index (χ0) is 12.1. The standard InChI is InChI=1S/C9H12BrN3O2S/c1-5(4-8(11)13-15)12-9(14)6-2-3-7(10)16-6/h2-3,5,15H,4H2,1H3,(H2,11,13)(H,12,14). The summed E-state index contributed by atoms with van der Waals surface area (Å²) in [4.78, 5) is 12.3. The fraction of sp³-hybridized carbons (Fsp3) is 0.333. The van der Waals surface area contributed by atoms with Crippen molar-refractivity contribution in [3.05, 3.63) is 20.8 Å². The summed E-state index contributed by atoms with van der Waals surface area (Å²) in [6, 6.07) is 3.37. The molecule has 1 amide bonds. The molecule has 0 fully saturated rings. The number of thiophene rings is 1. The minimum atomic E-state index is -0.177. The third-order valence-corrected chi connectivity index (χ3v) is 3.44. The normalized spacial score (nSPS) is 13.5. The van der Waals surface area contributed by atoms with Crippen LogP contribution in [0.2, 0.25) is 0 Å². The number of oxime groups is 1. The van der Waals surface area contributed by atoms with Gasteiger partial charge in [-0.05, 0) is 35.0 Å². The van der Waals surface area contributed by atoms with Gasteiger partial charge >= 0.3 is 0 Å². The molecule has 0 bridgehead atoms. The lowest BCUT2D eigenvalue weighted by Crippen LogP contribution is -2.35. The summed E-state index contributed by atoms with van der Waals surface area (Å²) in [6.45, 7) is 1.79. The molecule has 1 aromatic heterocycles. The van der Waals surface area contributed by atoms with Crippen molar-refractivity contribution >= 4 is 39.0 Å². The molecule has 88 valence electrons. The van der Waals surface area contributed by atoms with Gasteiger partial charge in [0.05, 0.1) is 8.66 Å². The van der Waals surface area contributed by atoms with Crippen molar-refractivity contribution in [2.45, 2.75) is 19.4 Å². The third-order valence-electron chi connectivity index (χ3n) is 1.82. The van der Waals surface area contributed by atoms with Crippen molar-refractivity contribution in [3.63, 3.8) is 0 Å². The molecule has 1 heterocycles. The molecule has 5 nitrogen and oxygen atoms in total. The first-order valence-electron chi connectivity index (χ1n) is 4.55. The molecule has 0 radical (unpaired) electrons. The van der Waals surface area contributed by atoms with E-state index in [2.05, 4.69) is 26.4 Å². The van der Waals surface area contributed by atoms with Crippen molar-refractivity contribution < 1.29 is 10.0 Å². The second kappa shape index (κ2) is 5.86. The Hall–Kier alpha value is -1.08. The molecule has 1 rings (SSSR count). The van der Waals surface area contributed by atoms with Crippen LogP contribution in [-0.2, 0) is 0 Å². The van der Waals surface area contributed by atoms with Crippen LogP contribution < -0.4 is 11.1 Å². The van der Waals surface area contributed by atoms with Gasteiger partial charge in [0.1, 0.15) is 5.84 Å². The average Bonchev–Trinajstić information content (AvgIpc) is 2.64. The molecule has 16 heavy (non-hydrogen) atoms. The number of nitrogens with one attached hydrogen (secondary N) is 1. The van der Waals surface area contributed by atoms with Gasteiger partial charge in [0, 0.05) is 12.5 Å². The molecule has 1 unspecified atom stereocenters. The van der Waals surface area contributed by atoms with E-state index in [1.807, 2.05) is 6.07 Å². The Morgan fingerprint density at radius 3 is 2.94 bits per heavy atom. The van der Waals surface area contributed by atoms with Crippen LogP contribution in [0.15, 0.2) is 21.1 Å². The van der Waals surface area contributed by atoms with Crippen LogP contribution in [0.1, 0.15) is 23.0 Å². The van der Waals surface area contributed by atoms with Gasteiger partial charge in [-0.15, -0.1) is 11.3 Å². The van der Waals surface area contributed by atoms with Crippen LogP contribution in [0, 0.1) is 0 Å². The van der Waals surface area contributed by atoms with Crippen LogP contribution in [0.25, 0.3) is 0 Å². The van der Waals surface area contributed by atoms with Gasteiger partial charge in [0.15, 0.2) is 0 Å². The smallest absolute Gasteiger partial charge is 0.261 e. The van der Waals surface area contributed by atoms with Gasteiger partial charge in [-0.25, -0.2) is 0 Å². The van der Waals surface area contributed by atoms with Crippen LogP contribution in [0.3, 0.4) is 0 Å². The fourth-order valence-electron chi connectivity index (χ4n) is 1.14. The highest BCUT2D eigenvalue weighted by molar-refractivity contribution is 9.11. The largest absolute Gasteiger partial charge is 0.409 e. The second-order valence-electron chi connectivity index (χ2n) is 3.27. The first-order valence-corrected chi connectivity index (χ1v) is 6.16. The SMILES string of the molecule is CC(CC(N)=NO)NC(=O)c1ccc(Br)s1. The molecule has 0 saturated heterocycles. The minimum absolute atomic E-state index is 0.0974. The Labute approximate surface area is 105 Å². The minimum Gasteiger partial charge on any atom is -0.409 e. The molecular weight excluding hydrogens is 294 g/mol. The number of amides is 1. The monoisotopic (exact) mass is 305 g/mol. The number of amidine groups is 1. The maximum Gasteiger partial charge on any atom is 0.261 e. The molecule has 0 aliphatic carbocycles. The maximum absolute atomic E-state index is 11.7. The molecule has 0 saturated carbocycles. The number of rotatable bonds is 4.